The molecule has 1 aromatic carbocycles. The second kappa shape index (κ2) is 5.92. The predicted octanol–water partition coefficient (Wildman–Crippen LogP) is 4.80. The van der Waals surface area contributed by atoms with Crippen LogP contribution in [0.25, 0.3) is 10.9 Å². The highest BCUT2D eigenvalue weighted by atomic mass is 35.5. The molecule has 20 heavy (non-hydrogen) atoms. The summed E-state index contributed by atoms with van der Waals surface area (Å²) in [5.74, 6) is 0. The lowest BCUT2D eigenvalue weighted by Gasteiger charge is -2.13. The summed E-state index contributed by atoms with van der Waals surface area (Å²) < 4.78 is 0. The number of thiophene rings is 1. The van der Waals surface area contributed by atoms with Crippen molar-refractivity contribution in [3.8, 4) is 0 Å². The zero-order valence-electron chi connectivity index (χ0n) is 11.1. The molecule has 3 rings (SSSR count). The van der Waals surface area contributed by atoms with Crippen molar-refractivity contribution in [3.05, 3.63) is 63.4 Å². The van der Waals surface area contributed by atoms with Crippen LogP contribution in [0.2, 0.25) is 5.02 Å². The lowest BCUT2D eigenvalue weighted by molar-refractivity contribution is 0.584. The molecule has 4 heteroatoms. The Morgan fingerprint density at radius 3 is 2.95 bits per heavy atom. The van der Waals surface area contributed by atoms with Gasteiger partial charge in [0.15, 0.2) is 0 Å². The molecule has 0 aliphatic heterocycles. The standard InChI is InChI=1S/C16H15ClN2S/c1-11(15-5-3-9-20-15)19-10-12-6-7-14(17)13-4-2-8-18-16(12)13/h2-9,11,19H,10H2,1H3. The van der Waals surface area contributed by atoms with Crippen LogP contribution < -0.4 is 5.32 Å². The summed E-state index contributed by atoms with van der Waals surface area (Å²) in [5, 5.41) is 7.41. The number of hydrogen-bond acceptors (Lipinski definition) is 3. The number of benzene rings is 1. The van der Waals surface area contributed by atoms with Crippen LogP contribution in [-0.4, -0.2) is 4.98 Å². The van der Waals surface area contributed by atoms with Crippen LogP contribution in [0.3, 0.4) is 0 Å². The van der Waals surface area contributed by atoms with Crippen molar-refractivity contribution in [3.63, 3.8) is 0 Å². The number of rotatable bonds is 4. The number of aromatic nitrogens is 1. The van der Waals surface area contributed by atoms with Gasteiger partial charge in [0.1, 0.15) is 0 Å². The number of nitrogens with zero attached hydrogens (tertiary/aromatic N) is 1. The van der Waals surface area contributed by atoms with Gasteiger partial charge >= 0.3 is 0 Å². The number of fused-ring (bicyclic) bond motifs is 1. The molecule has 1 unspecified atom stereocenters. The summed E-state index contributed by atoms with van der Waals surface area (Å²) in [6.45, 7) is 2.96. The van der Waals surface area contributed by atoms with Gasteiger partial charge in [-0.15, -0.1) is 11.3 Å². The number of hydrogen-bond donors (Lipinski definition) is 1. The SMILES string of the molecule is CC(NCc1ccc(Cl)c2cccnc12)c1cccs1. The van der Waals surface area contributed by atoms with Gasteiger partial charge in [-0.2, -0.15) is 0 Å². The second-order valence-corrected chi connectivity index (χ2v) is 6.11. The van der Waals surface area contributed by atoms with Crippen LogP contribution in [0.1, 0.15) is 23.4 Å². The maximum Gasteiger partial charge on any atom is 0.0761 e. The van der Waals surface area contributed by atoms with Gasteiger partial charge in [-0.1, -0.05) is 23.7 Å². The van der Waals surface area contributed by atoms with Crippen LogP contribution in [0.15, 0.2) is 48.0 Å². The molecule has 102 valence electrons. The fraction of sp³-hybridized carbons (Fsp3) is 0.188. The van der Waals surface area contributed by atoms with Crippen molar-refractivity contribution < 1.29 is 0 Å². The molecule has 0 spiro atoms. The molecule has 2 aromatic heterocycles. The van der Waals surface area contributed by atoms with E-state index >= 15 is 0 Å². The van der Waals surface area contributed by atoms with Crippen LogP contribution in [0.5, 0.6) is 0 Å². The molecule has 2 heterocycles. The fourth-order valence-electron chi connectivity index (χ4n) is 2.24. The molecule has 0 aliphatic carbocycles. The van der Waals surface area contributed by atoms with Gasteiger partial charge in [-0.25, -0.2) is 0 Å². The van der Waals surface area contributed by atoms with Gasteiger partial charge in [-0.3, -0.25) is 4.98 Å². The Kier molecular flexibility index (Phi) is 4.01. The van der Waals surface area contributed by atoms with Crippen molar-refractivity contribution in [1.82, 2.24) is 10.3 Å². The van der Waals surface area contributed by atoms with Crippen molar-refractivity contribution in [2.45, 2.75) is 19.5 Å². The molecule has 1 atom stereocenters. The van der Waals surface area contributed by atoms with Gasteiger partial charge in [0.05, 0.1) is 5.52 Å². The second-order valence-electron chi connectivity index (χ2n) is 4.72. The zero-order chi connectivity index (χ0) is 13.9. The third kappa shape index (κ3) is 2.70. The minimum atomic E-state index is 0.337. The van der Waals surface area contributed by atoms with E-state index in [9.17, 15) is 0 Å². The smallest absolute Gasteiger partial charge is 0.0761 e. The summed E-state index contributed by atoms with van der Waals surface area (Å²) in [5.41, 5.74) is 2.15. The van der Waals surface area contributed by atoms with Gasteiger partial charge in [0.2, 0.25) is 0 Å². The third-order valence-electron chi connectivity index (χ3n) is 3.37. The van der Waals surface area contributed by atoms with E-state index in [4.69, 9.17) is 11.6 Å². The molecule has 0 bridgehead atoms. The average Bonchev–Trinajstić information content (AvgIpc) is 3.01. The van der Waals surface area contributed by atoms with Crippen molar-refractivity contribution in [1.29, 1.82) is 0 Å². The molecule has 0 amide bonds. The van der Waals surface area contributed by atoms with Gasteiger partial charge in [0.25, 0.3) is 0 Å². The molecular weight excluding hydrogens is 288 g/mol. The van der Waals surface area contributed by atoms with Crippen LogP contribution in [-0.2, 0) is 6.54 Å². The average molecular weight is 303 g/mol. The van der Waals surface area contributed by atoms with Crippen molar-refractivity contribution >= 4 is 33.8 Å². The largest absolute Gasteiger partial charge is 0.305 e. The monoisotopic (exact) mass is 302 g/mol. The highest BCUT2D eigenvalue weighted by Crippen LogP contribution is 2.25. The lowest BCUT2D eigenvalue weighted by atomic mass is 10.1. The maximum absolute atomic E-state index is 6.21. The molecular formula is C16H15ClN2S. The maximum atomic E-state index is 6.21. The molecule has 3 aromatic rings. The summed E-state index contributed by atoms with van der Waals surface area (Å²) in [4.78, 5) is 5.80. The Morgan fingerprint density at radius 2 is 2.15 bits per heavy atom. The van der Waals surface area contributed by atoms with Gasteiger partial charge < -0.3 is 5.32 Å². The van der Waals surface area contributed by atoms with Crippen LogP contribution in [0, 0.1) is 0 Å². The highest BCUT2D eigenvalue weighted by molar-refractivity contribution is 7.10. The van der Waals surface area contributed by atoms with Crippen LogP contribution >= 0.6 is 22.9 Å². The molecule has 0 saturated carbocycles. The summed E-state index contributed by atoms with van der Waals surface area (Å²) >= 11 is 7.99. The molecule has 2 nitrogen and oxygen atoms in total. The van der Waals surface area contributed by atoms with E-state index in [-0.39, 0.29) is 0 Å². The lowest BCUT2D eigenvalue weighted by Crippen LogP contribution is -2.17. The topological polar surface area (TPSA) is 24.9 Å². The van der Waals surface area contributed by atoms with Crippen LogP contribution in [0.4, 0.5) is 0 Å². The fourth-order valence-corrected chi connectivity index (χ4v) is 3.21. The molecule has 0 aliphatic rings. The predicted molar refractivity (Wildman–Crippen MR) is 86.3 cm³/mol. The molecule has 0 radical (unpaired) electrons. The first-order valence-corrected chi connectivity index (χ1v) is 7.80. The molecule has 0 fully saturated rings. The van der Waals surface area contributed by atoms with E-state index in [1.807, 2.05) is 30.5 Å². The first-order chi connectivity index (χ1) is 9.75. The van der Waals surface area contributed by atoms with E-state index in [2.05, 4.69) is 34.7 Å². The quantitative estimate of drug-likeness (QED) is 0.749. The van der Waals surface area contributed by atoms with Crippen molar-refractivity contribution in [2.24, 2.45) is 0 Å². The van der Waals surface area contributed by atoms with Gasteiger partial charge in [-0.05, 0) is 42.1 Å². The van der Waals surface area contributed by atoms with E-state index in [1.54, 1.807) is 11.3 Å². The summed E-state index contributed by atoms with van der Waals surface area (Å²) in [6, 6.07) is 12.5. The highest BCUT2D eigenvalue weighted by Gasteiger charge is 2.09. The molecule has 0 saturated heterocycles. The zero-order valence-corrected chi connectivity index (χ0v) is 12.7. The van der Waals surface area contributed by atoms with Crippen molar-refractivity contribution in [2.75, 3.05) is 0 Å². The summed E-state index contributed by atoms with van der Waals surface area (Å²) in [6.07, 6.45) is 1.81. The van der Waals surface area contributed by atoms with E-state index < -0.39 is 0 Å². The normalized spacial score (nSPS) is 12.7. The Balaban J connectivity index is 1.83. The van der Waals surface area contributed by atoms with E-state index in [1.165, 1.54) is 10.4 Å². The van der Waals surface area contributed by atoms with E-state index in [0.717, 1.165) is 22.5 Å². The Hall–Kier alpha value is -1.42. The third-order valence-corrected chi connectivity index (χ3v) is 4.75. The number of halogens is 1. The minimum absolute atomic E-state index is 0.337. The number of nitrogens with one attached hydrogen (secondary N) is 1. The Bertz CT molecular complexity index is 710. The Labute approximate surface area is 127 Å². The first kappa shape index (κ1) is 13.6. The number of pyridine rings is 1. The van der Waals surface area contributed by atoms with Gasteiger partial charge in [0, 0.05) is 34.1 Å². The summed E-state index contributed by atoms with van der Waals surface area (Å²) in [7, 11) is 0. The van der Waals surface area contributed by atoms with E-state index in [0.29, 0.717) is 6.04 Å². The Morgan fingerprint density at radius 1 is 1.25 bits per heavy atom. The first-order valence-electron chi connectivity index (χ1n) is 6.54. The minimum Gasteiger partial charge on any atom is -0.305 e. The molecule has 1 N–H and O–H groups in total.